The highest BCUT2D eigenvalue weighted by Gasteiger charge is 2.48. The van der Waals surface area contributed by atoms with Gasteiger partial charge in [-0.15, -0.1) is 0 Å². The molecule has 3 aromatic rings. The fourth-order valence-electron chi connectivity index (χ4n) is 5.51. The number of carbonyl (C=O) groups is 1. The van der Waals surface area contributed by atoms with Crippen LogP contribution in [0, 0.1) is 5.92 Å². The molecular formula is C30H30BrCl2N3O3. The molecule has 1 saturated heterocycles. The van der Waals surface area contributed by atoms with Crippen molar-refractivity contribution >= 4 is 45.0 Å². The standard InChI is InChI=1S/C30H30BrCl2N3O3/c1-20(10-13-35-29(37)28-26(32)18-34-19-27(28)33)36-14-11-22(12-15-36)30(38-16-17-39-30)25-5-3-2-4-24(25)21-6-8-23(31)9-7-21/h2-9,16-20,22H,10-15H2,1H3,(H,35,37). The molecule has 9 heteroatoms. The van der Waals surface area contributed by atoms with E-state index in [9.17, 15) is 4.79 Å². The van der Waals surface area contributed by atoms with Crippen LogP contribution >= 0.6 is 39.1 Å². The summed E-state index contributed by atoms with van der Waals surface area (Å²) < 4.78 is 13.6. The average molecular weight is 631 g/mol. The van der Waals surface area contributed by atoms with Crippen molar-refractivity contribution in [3.05, 3.63) is 99.1 Å². The van der Waals surface area contributed by atoms with E-state index in [0.717, 1.165) is 53.5 Å². The number of benzene rings is 2. The summed E-state index contributed by atoms with van der Waals surface area (Å²) in [6, 6.07) is 17.0. The zero-order valence-electron chi connectivity index (χ0n) is 21.6. The lowest BCUT2D eigenvalue weighted by Gasteiger charge is -2.43. The van der Waals surface area contributed by atoms with Crippen LogP contribution in [0.2, 0.25) is 10.0 Å². The van der Waals surface area contributed by atoms with Crippen LogP contribution in [0.15, 0.2) is 77.9 Å². The maximum Gasteiger partial charge on any atom is 0.280 e. The van der Waals surface area contributed by atoms with E-state index in [1.54, 1.807) is 12.5 Å². The van der Waals surface area contributed by atoms with Gasteiger partial charge in [-0.25, -0.2) is 0 Å². The van der Waals surface area contributed by atoms with Gasteiger partial charge in [-0.1, -0.05) is 75.5 Å². The highest BCUT2D eigenvalue weighted by atomic mass is 79.9. The van der Waals surface area contributed by atoms with Crippen molar-refractivity contribution in [2.24, 2.45) is 5.92 Å². The van der Waals surface area contributed by atoms with E-state index in [4.69, 9.17) is 32.7 Å². The normalized spacial score (nSPS) is 17.8. The van der Waals surface area contributed by atoms with E-state index in [1.165, 1.54) is 12.4 Å². The summed E-state index contributed by atoms with van der Waals surface area (Å²) >= 11 is 15.8. The van der Waals surface area contributed by atoms with Crippen LogP contribution in [0.4, 0.5) is 0 Å². The first-order valence-electron chi connectivity index (χ1n) is 13.1. The third-order valence-corrected chi connectivity index (χ3v) is 8.72. The molecule has 2 aromatic carbocycles. The molecule has 1 unspecified atom stereocenters. The fourth-order valence-corrected chi connectivity index (χ4v) is 6.31. The summed E-state index contributed by atoms with van der Waals surface area (Å²) in [7, 11) is 0. The van der Waals surface area contributed by atoms with Gasteiger partial charge in [0.1, 0.15) is 12.5 Å². The van der Waals surface area contributed by atoms with Crippen molar-refractivity contribution in [2.75, 3.05) is 19.6 Å². The molecule has 2 aliphatic rings. The van der Waals surface area contributed by atoms with Gasteiger partial charge in [0, 0.05) is 40.9 Å². The Morgan fingerprint density at radius 2 is 1.72 bits per heavy atom. The van der Waals surface area contributed by atoms with Gasteiger partial charge in [-0.3, -0.25) is 9.78 Å². The lowest BCUT2D eigenvalue weighted by atomic mass is 9.81. The Hall–Kier alpha value is -2.58. The molecule has 39 heavy (non-hydrogen) atoms. The molecule has 1 aromatic heterocycles. The van der Waals surface area contributed by atoms with Gasteiger partial charge in [0.15, 0.2) is 0 Å². The largest absolute Gasteiger partial charge is 0.452 e. The van der Waals surface area contributed by atoms with Crippen LogP contribution in [-0.4, -0.2) is 41.5 Å². The fraction of sp³-hybridized carbons (Fsp3) is 0.333. The number of carbonyl (C=O) groups excluding carboxylic acids is 1. The zero-order valence-corrected chi connectivity index (χ0v) is 24.7. The number of nitrogens with one attached hydrogen (secondary N) is 1. The van der Waals surface area contributed by atoms with Gasteiger partial charge in [0.25, 0.3) is 11.7 Å². The van der Waals surface area contributed by atoms with Gasteiger partial charge < -0.3 is 19.7 Å². The topological polar surface area (TPSA) is 63.7 Å². The molecule has 1 fully saturated rings. The van der Waals surface area contributed by atoms with E-state index in [-0.39, 0.29) is 27.4 Å². The maximum absolute atomic E-state index is 12.6. The predicted octanol–water partition coefficient (Wildman–Crippen LogP) is 7.41. The minimum Gasteiger partial charge on any atom is -0.452 e. The molecule has 0 spiro atoms. The summed E-state index contributed by atoms with van der Waals surface area (Å²) in [5, 5.41) is 3.44. The van der Waals surface area contributed by atoms with Crippen LogP contribution in [0.3, 0.4) is 0 Å². The maximum atomic E-state index is 12.6. The highest BCUT2D eigenvalue weighted by molar-refractivity contribution is 9.10. The van der Waals surface area contributed by atoms with E-state index < -0.39 is 5.79 Å². The zero-order chi connectivity index (χ0) is 27.4. The minimum atomic E-state index is -0.851. The average Bonchev–Trinajstić information content (AvgIpc) is 3.45. The third-order valence-electron chi connectivity index (χ3n) is 7.62. The first kappa shape index (κ1) is 28.0. The van der Waals surface area contributed by atoms with Crippen LogP contribution in [0.1, 0.15) is 42.1 Å². The number of pyridine rings is 1. The van der Waals surface area contributed by atoms with Gasteiger partial charge in [-0.05, 0) is 62.5 Å². The predicted molar refractivity (Wildman–Crippen MR) is 158 cm³/mol. The second-order valence-corrected chi connectivity index (χ2v) is 11.6. The number of halogens is 3. The molecule has 1 N–H and O–H groups in total. The monoisotopic (exact) mass is 629 g/mol. The molecule has 1 amide bonds. The Bertz CT molecular complexity index is 1320. The molecule has 0 bridgehead atoms. The number of nitrogens with zero attached hydrogens (tertiary/aromatic N) is 2. The van der Waals surface area contributed by atoms with Crippen molar-refractivity contribution < 1.29 is 14.3 Å². The van der Waals surface area contributed by atoms with Gasteiger partial charge in [0.05, 0.1) is 15.6 Å². The molecule has 6 nitrogen and oxygen atoms in total. The lowest BCUT2D eigenvalue weighted by Crippen LogP contribution is -2.47. The summed E-state index contributed by atoms with van der Waals surface area (Å²) in [5.74, 6) is -0.952. The second-order valence-electron chi connectivity index (χ2n) is 9.91. The van der Waals surface area contributed by atoms with Crippen molar-refractivity contribution in [1.82, 2.24) is 15.2 Å². The quantitative estimate of drug-likeness (QED) is 0.281. The highest BCUT2D eigenvalue weighted by Crippen LogP contribution is 2.47. The number of hydrogen-bond acceptors (Lipinski definition) is 5. The van der Waals surface area contributed by atoms with Crippen LogP contribution in [-0.2, 0) is 15.3 Å². The van der Waals surface area contributed by atoms with Crippen molar-refractivity contribution in [3.8, 4) is 11.1 Å². The lowest BCUT2D eigenvalue weighted by molar-refractivity contribution is -0.201. The number of aromatic nitrogens is 1. The molecule has 0 radical (unpaired) electrons. The number of amides is 1. The Balaban J connectivity index is 1.22. The molecule has 3 heterocycles. The van der Waals surface area contributed by atoms with Crippen molar-refractivity contribution in [1.29, 1.82) is 0 Å². The van der Waals surface area contributed by atoms with Crippen LogP contribution < -0.4 is 5.32 Å². The smallest absolute Gasteiger partial charge is 0.280 e. The van der Waals surface area contributed by atoms with E-state index >= 15 is 0 Å². The SMILES string of the molecule is CC(CCNC(=O)c1c(Cl)cncc1Cl)N1CCC(C2(c3ccccc3-c3ccc(Br)cc3)OC=CO2)CC1. The Morgan fingerprint density at radius 1 is 1.08 bits per heavy atom. The van der Waals surface area contributed by atoms with E-state index in [0.29, 0.717) is 12.6 Å². The van der Waals surface area contributed by atoms with E-state index in [1.807, 2.05) is 6.07 Å². The molecule has 5 rings (SSSR count). The molecule has 0 saturated carbocycles. The Labute approximate surface area is 247 Å². The second kappa shape index (κ2) is 12.3. The summed E-state index contributed by atoms with van der Waals surface area (Å²) in [6.45, 7) is 4.55. The summed E-state index contributed by atoms with van der Waals surface area (Å²) in [4.78, 5) is 19.0. The van der Waals surface area contributed by atoms with Crippen LogP contribution in [0.5, 0.6) is 0 Å². The number of rotatable bonds is 8. The molecule has 0 aliphatic carbocycles. The van der Waals surface area contributed by atoms with Gasteiger partial charge in [0.2, 0.25) is 0 Å². The van der Waals surface area contributed by atoms with Crippen LogP contribution in [0.25, 0.3) is 11.1 Å². The van der Waals surface area contributed by atoms with Crippen molar-refractivity contribution in [2.45, 2.75) is 38.0 Å². The first-order chi connectivity index (χ1) is 18.9. The Morgan fingerprint density at radius 3 is 2.38 bits per heavy atom. The molecule has 2 aliphatic heterocycles. The minimum absolute atomic E-state index is 0.184. The van der Waals surface area contributed by atoms with Gasteiger partial charge in [-0.2, -0.15) is 0 Å². The molecule has 1 atom stereocenters. The third kappa shape index (κ3) is 5.97. The first-order valence-corrected chi connectivity index (χ1v) is 14.6. The summed E-state index contributed by atoms with van der Waals surface area (Å²) in [6.07, 6.45) is 8.83. The van der Waals surface area contributed by atoms with Crippen molar-refractivity contribution in [3.63, 3.8) is 0 Å². The summed E-state index contributed by atoms with van der Waals surface area (Å²) in [5.41, 5.74) is 3.53. The molecular weight excluding hydrogens is 601 g/mol. The van der Waals surface area contributed by atoms with Gasteiger partial charge >= 0.3 is 0 Å². The molecule has 204 valence electrons. The van der Waals surface area contributed by atoms with E-state index in [2.05, 4.69) is 80.5 Å². The number of piperidine rings is 1. The number of likely N-dealkylation sites (tertiary alicyclic amines) is 1. The Kier molecular flexibility index (Phi) is 8.82. The number of ether oxygens (including phenoxy) is 2. The number of hydrogen-bond donors (Lipinski definition) is 1.